The Kier molecular flexibility index (Phi) is 8.19. The third kappa shape index (κ3) is 7.06. The van der Waals surface area contributed by atoms with Gasteiger partial charge in [-0.25, -0.2) is 4.79 Å². The summed E-state index contributed by atoms with van der Waals surface area (Å²) in [6.07, 6.45) is -1.71. The number of amides is 3. The fraction of sp³-hybridized carbons (Fsp3) is 0.692. The summed E-state index contributed by atoms with van der Waals surface area (Å²) < 4.78 is 0. The van der Waals surface area contributed by atoms with Crippen LogP contribution < -0.4 is 22.1 Å². The van der Waals surface area contributed by atoms with Crippen LogP contribution in [-0.2, 0) is 19.2 Å². The molecule has 0 aliphatic carbocycles. The lowest BCUT2D eigenvalue weighted by Crippen LogP contribution is -2.58. The van der Waals surface area contributed by atoms with Crippen molar-refractivity contribution in [2.24, 2.45) is 17.4 Å². The van der Waals surface area contributed by atoms with Crippen LogP contribution in [0.3, 0.4) is 0 Å². The zero-order valence-corrected chi connectivity index (χ0v) is 13.3. The Bertz CT molecular complexity index is 465. The van der Waals surface area contributed by atoms with Crippen LogP contribution in [0.15, 0.2) is 0 Å². The van der Waals surface area contributed by atoms with E-state index in [2.05, 4.69) is 10.6 Å². The molecule has 4 atom stereocenters. The molecule has 0 aromatic heterocycles. The molecule has 0 rings (SSSR count). The van der Waals surface area contributed by atoms with E-state index in [0.717, 1.165) is 0 Å². The standard InChI is InChI=1S/C13H24N4O6/c1-5(2)9(16-11(20)7(14)4-8(15)19)12(21)17-10(6(3)18)13(22)23/h5-7,9-10,18H,4,14H2,1-3H3,(H2,15,19)(H,16,20)(H,17,21)(H,22,23)/t6-,7+,9+,10+/m1/s1. The van der Waals surface area contributed by atoms with E-state index in [0.29, 0.717) is 0 Å². The average Bonchev–Trinajstić information content (AvgIpc) is 2.39. The van der Waals surface area contributed by atoms with Crippen molar-refractivity contribution in [2.75, 3.05) is 0 Å². The largest absolute Gasteiger partial charge is 0.480 e. The van der Waals surface area contributed by atoms with Gasteiger partial charge in [-0.15, -0.1) is 0 Å². The van der Waals surface area contributed by atoms with E-state index >= 15 is 0 Å². The van der Waals surface area contributed by atoms with E-state index in [1.54, 1.807) is 13.8 Å². The molecule has 0 bridgehead atoms. The van der Waals surface area contributed by atoms with Crippen LogP contribution in [0.25, 0.3) is 0 Å². The van der Waals surface area contributed by atoms with E-state index in [1.807, 2.05) is 0 Å². The highest BCUT2D eigenvalue weighted by molar-refractivity contribution is 5.93. The zero-order valence-electron chi connectivity index (χ0n) is 13.3. The van der Waals surface area contributed by atoms with Crippen molar-refractivity contribution >= 4 is 23.7 Å². The Morgan fingerprint density at radius 1 is 1.00 bits per heavy atom. The highest BCUT2D eigenvalue weighted by Gasteiger charge is 2.32. The normalized spacial score (nSPS) is 16.1. The molecule has 0 aliphatic rings. The second kappa shape index (κ2) is 9.06. The Morgan fingerprint density at radius 3 is 1.83 bits per heavy atom. The number of carbonyl (C=O) groups excluding carboxylic acids is 3. The maximum absolute atomic E-state index is 12.2. The van der Waals surface area contributed by atoms with Gasteiger partial charge < -0.3 is 32.3 Å². The van der Waals surface area contributed by atoms with E-state index in [9.17, 15) is 24.3 Å². The van der Waals surface area contributed by atoms with Gasteiger partial charge >= 0.3 is 5.97 Å². The smallest absolute Gasteiger partial charge is 0.328 e. The summed E-state index contributed by atoms with van der Waals surface area (Å²) in [7, 11) is 0. The summed E-state index contributed by atoms with van der Waals surface area (Å²) >= 11 is 0. The van der Waals surface area contributed by atoms with Crippen molar-refractivity contribution in [1.29, 1.82) is 0 Å². The number of hydrogen-bond donors (Lipinski definition) is 6. The average molecular weight is 332 g/mol. The first-order valence-electron chi connectivity index (χ1n) is 7.02. The maximum atomic E-state index is 12.2. The Hall–Kier alpha value is -2.20. The number of carboxylic acids is 1. The lowest BCUT2D eigenvalue weighted by atomic mass is 10.0. The third-order valence-electron chi connectivity index (χ3n) is 3.05. The Labute approximate surface area is 133 Å². The molecule has 10 heteroatoms. The number of primary amides is 1. The van der Waals surface area contributed by atoms with E-state index in [-0.39, 0.29) is 12.3 Å². The fourth-order valence-electron chi connectivity index (χ4n) is 1.74. The van der Waals surface area contributed by atoms with Crippen LogP contribution >= 0.6 is 0 Å². The quantitative estimate of drug-likeness (QED) is 0.265. The lowest BCUT2D eigenvalue weighted by Gasteiger charge is -2.26. The van der Waals surface area contributed by atoms with Crippen molar-refractivity contribution < 1.29 is 29.4 Å². The van der Waals surface area contributed by atoms with Crippen molar-refractivity contribution in [1.82, 2.24) is 10.6 Å². The summed E-state index contributed by atoms with van der Waals surface area (Å²) in [6.45, 7) is 4.47. The van der Waals surface area contributed by atoms with Crippen molar-refractivity contribution in [3.05, 3.63) is 0 Å². The predicted molar refractivity (Wildman–Crippen MR) is 79.8 cm³/mol. The molecule has 0 spiro atoms. The Morgan fingerprint density at radius 2 is 1.48 bits per heavy atom. The van der Waals surface area contributed by atoms with Crippen LogP contribution in [0.5, 0.6) is 0 Å². The Balaban J connectivity index is 4.97. The first-order valence-corrected chi connectivity index (χ1v) is 7.02. The van der Waals surface area contributed by atoms with Gasteiger partial charge in [-0.3, -0.25) is 14.4 Å². The van der Waals surface area contributed by atoms with Gasteiger partial charge in [-0.2, -0.15) is 0 Å². The monoisotopic (exact) mass is 332 g/mol. The van der Waals surface area contributed by atoms with Crippen LogP contribution in [0.4, 0.5) is 0 Å². The number of carbonyl (C=O) groups is 4. The topological polar surface area (TPSA) is 185 Å². The van der Waals surface area contributed by atoms with Crippen LogP contribution in [-0.4, -0.2) is 58.1 Å². The molecule has 0 fully saturated rings. The molecular weight excluding hydrogens is 308 g/mol. The van der Waals surface area contributed by atoms with Crippen LogP contribution in [0, 0.1) is 5.92 Å². The molecule has 10 nitrogen and oxygen atoms in total. The summed E-state index contributed by atoms with van der Waals surface area (Å²) in [4.78, 5) is 45.8. The van der Waals surface area contributed by atoms with Crippen LogP contribution in [0.2, 0.25) is 0 Å². The molecule has 132 valence electrons. The molecule has 3 amide bonds. The van der Waals surface area contributed by atoms with E-state index < -0.39 is 47.9 Å². The number of aliphatic hydroxyl groups is 1. The number of carboxylic acid groups (broad SMARTS) is 1. The predicted octanol–water partition coefficient (Wildman–Crippen LogP) is -2.72. The minimum atomic E-state index is -1.51. The molecule has 23 heavy (non-hydrogen) atoms. The summed E-state index contributed by atoms with van der Waals surface area (Å²) in [5.41, 5.74) is 10.4. The molecule has 0 saturated carbocycles. The van der Waals surface area contributed by atoms with Gasteiger partial charge in [0.25, 0.3) is 0 Å². The zero-order chi connectivity index (χ0) is 18.3. The van der Waals surface area contributed by atoms with Gasteiger partial charge in [0, 0.05) is 0 Å². The van der Waals surface area contributed by atoms with Crippen molar-refractivity contribution in [2.45, 2.75) is 51.4 Å². The van der Waals surface area contributed by atoms with Gasteiger partial charge in [0.1, 0.15) is 6.04 Å². The summed E-state index contributed by atoms with van der Waals surface area (Å²) in [5.74, 6) is -4.11. The van der Waals surface area contributed by atoms with Crippen LogP contribution in [0.1, 0.15) is 27.2 Å². The minimum Gasteiger partial charge on any atom is -0.480 e. The molecule has 0 radical (unpaired) electrons. The number of aliphatic carboxylic acids is 1. The van der Waals surface area contributed by atoms with E-state index in [1.165, 1.54) is 6.92 Å². The van der Waals surface area contributed by atoms with E-state index in [4.69, 9.17) is 16.6 Å². The summed E-state index contributed by atoms with van der Waals surface area (Å²) in [6, 6.07) is -3.81. The SMILES string of the molecule is CC(C)[C@H](NC(=O)[C@@H](N)CC(N)=O)C(=O)N[C@H](C(=O)O)[C@@H](C)O. The first kappa shape index (κ1) is 20.8. The minimum absolute atomic E-state index is 0.385. The number of rotatable bonds is 9. The first-order chi connectivity index (χ1) is 10.5. The van der Waals surface area contributed by atoms with Gasteiger partial charge in [-0.05, 0) is 12.8 Å². The van der Waals surface area contributed by atoms with Gasteiger partial charge in [-0.1, -0.05) is 13.8 Å². The number of nitrogens with one attached hydrogen (secondary N) is 2. The second-order valence-corrected chi connectivity index (χ2v) is 5.57. The number of aliphatic hydroxyl groups excluding tert-OH is 1. The van der Waals surface area contributed by atoms with Gasteiger partial charge in [0.2, 0.25) is 17.7 Å². The third-order valence-corrected chi connectivity index (χ3v) is 3.05. The molecule has 0 aromatic carbocycles. The van der Waals surface area contributed by atoms with Crippen molar-refractivity contribution in [3.8, 4) is 0 Å². The molecule has 0 aliphatic heterocycles. The molecule has 0 aromatic rings. The van der Waals surface area contributed by atoms with Gasteiger partial charge in [0.05, 0.1) is 18.6 Å². The molecule has 0 saturated heterocycles. The number of hydrogen-bond acceptors (Lipinski definition) is 6. The molecule has 0 heterocycles. The molecule has 8 N–H and O–H groups in total. The van der Waals surface area contributed by atoms with Gasteiger partial charge in [0.15, 0.2) is 6.04 Å². The highest BCUT2D eigenvalue weighted by atomic mass is 16.4. The maximum Gasteiger partial charge on any atom is 0.328 e. The fourth-order valence-corrected chi connectivity index (χ4v) is 1.74. The molecule has 0 unspecified atom stereocenters. The highest BCUT2D eigenvalue weighted by Crippen LogP contribution is 2.05. The summed E-state index contributed by atoms with van der Waals surface area (Å²) in [5, 5.41) is 22.8. The number of nitrogens with two attached hydrogens (primary N) is 2. The lowest BCUT2D eigenvalue weighted by molar-refractivity contribution is -0.145. The second-order valence-electron chi connectivity index (χ2n) is 5.57. The molecular formula is C13H24N4O6. The van der Waals surface area contributed by atoms with Crippen molar-refractivity contribution in [3.63, 3.8) is 0 Å².